The van der Waals surface area contributed by atoms with Crippen LogP contribution in [-0.2, 0) is 6.42 Å². The molecule has 2 rings (SSSR count). The maximum atomic E-state index is 13.2. The number of aliphatic hydroxyl groups excluding tert-OH is 1. The first kappa shape index (κ1) is 14.9. The van der Waals surface area contributed by atoms with E-state index in [9.17, 15) is 9.50 Å². The van der Waals surface area contributed by atoms with Gasteiger partial charge in [0.2, 0.25) is 0 Å². The zero-order valence-electron chi connectivity index (χ0n) is 11.5. The highest BCUT2D eigenvalue weighted by Gasteiger charge is 2.35. The second kappa shape index (κ2) is 5.90. The molecule has 1 saturated heterocycles. The van der Waals surface area contributed by atoms with Crippen LogP contribution < -0.4 is 0 Å². The third kappa shape index (κ3) is 3.36. The summed E-state index contributed by atoms with van der Waals surface area (Å²) < 4.78 is 13.7. The van der Waals surface area contributed by atoms with Crippen molar-refractivity contribution in [1.82, 2.24) is 4.90 Å². The molecule has 1 fully saturated rings. The van der Waals surface area contributed by atoms with Gasteiger partial charge >= 0.3 is 0 Å². The Balaban J connectivity index is 2.06. The zero-order valence-corrected chi connectivity index (χ0v) is 13.1. The first-order valence-corrected chi connectivity index (χ1v) is 7.57. The Kier molecular flexibility index (Phi) is 4.64. The standard InChI is InChI=1S/C15H21BrFNO/c1-15(2,18-7-3-4-8-18)14(19)10-11-5-6-13(17)12(16)9-11/h5-6,9,14,19H,3-4,7-8,10H2,1-2H3. The van der Waals surface area contributed by atoms with Gasteiger partial charge in [-0.2, -0.15) is 0 Å². The molecule has 1 aromatic rings. The van der Waals surface area contributed by atoms with Gasteiger partial charge in [0.15, 0.2) is 0 Å². The largest absolute Gasteiger partial charge is 0.391 e. The maximum Gasteiger partial charge on any atom is 0.137 e. The lowest BCUT2D eigenvalue weighted by atomic mass is 9.90. The third-order valence-electron chi connectivity index (χ3n) is 4.15. The first-order valence-electron chi connectivity index (χ1n) is 6.78. The van der Waals surface area contributed by atoms with Gasteiger partial charge in [0.05, 0.1) is 10.6 Å². The quantitative estimate of drug-likeness (QED) is 0.915. The summed E-state index contributed by atoms with van der Waals surface area (Å²) in [4.78, 5) is 2.34. The fraction of sp³-hybridized carbons (Fsp3) is 0.600. The highest BCUT2D eigenvalue weighted by atomic mass is 79.9. The fourth-order valence-electron chi connectivity index (χ4n) is 2.64. The van der Waals surface area contributed by atoms with Gasteiger partial charge in [-0.3, -0.25) is 4.90 Å². The Bertz CT molecular complexity index is 444. The predicted octanol–water partition coefficient (Wildman–Crippen LogP) is 3.37. The van der Waals surface area contributed by atoms with Crippen molar-refractivity contribution in [2.24, 2.45) is 0 Å². The number of halogens is 2. The Morgan fingerprint density at radius 1 is 1.37 bits per heavy atom. The van der Waals surface area contributed by atoms with Crippen molar-refractivity contribution in [3.63, 3.8) is 0 Å². The van der Waals surface area contributed by atoms with Crippen molar-refractivity contribution in [3.8, 4) is 0 Å². The Hall–Kier alpha value is -0.450. The SMILES string of the molecule is CC(C)(C(O)Cc1ccc(F)c(Br)c1)N1CCCC1. The maximum absolute atomic E-state index is 13.2. The van der Waals surface area contributed by atoms with Crippen LogP contribution in [0.15, 0.2) is 22.7 Å². The summed E-state index contributed by atoms with van der Waals surface area (Å²) in [6.45, 7) is 6.28. The van der Waals surface area contributed by atoms with Crippen LogP contribution in [0.3, 0.4) is 0 Å². The molecule has 1 aliphatic rings. The average molecular weight is 330 g/mol. The normalized spacial score (nSPS) is 18.8. The number of hydrogen-bond acceptors (Lipinski definition) is 2. The highest BCUT2D eigenvalue weighted by Crippen LogP contribution is 2.27. The predicted molar refractivity (Wildman–Crippen MR) is 78.7 cm³/mol. The molecule has 1 heterocycles. The molecule has 0 saturated carbocycles. The minimum Gasteiger partial charge on any atom is -0.391 e. The average Bonchev–Trinajstić information content (AvgIpc) is 2.88. The number of hydrogen-bond donors (Lipinski definition) is 1. The fourth-order valence-corrected chi connectivity index (χ4v) is 3.07. The van der Waals surface area contributed by atoms with E-state index in [1.165, 1.54) is 18.9 Å². The van der Waals surface area contributed by atoms with Crippen LogP contribution in [0.1, 0.15) is 32.3 Å². The lowest BCUT2D eigenvalue weighted by molar-refractivity contribution is 0.00336. The second-order valence-corrected chi connectivity index (χ2v) is 6.67. The van der Waals surface area contributed by atoms with Gasteiger partial charge in [-0.15, -0.1) is 0 Å². The van der Waals surface area contributed by atoms with E-state index in [2.05, 4.69) is 34.7 Å². The van der Waals surface area contributed by atoms with Gasteiger partial charge in [-0.25, -0.2) is 4.39 Å². The van der Waals surface area contributed by atoms with Gasteiger partial charge in [-0.05, 0) is 73.4 Å². The molecule has 1 aliphatic heterocycles. The summed E-state index contributed by atoms with van der Waals surface area (Å²) in [5.41, 5.74) is 0.713. The second-order valence-electron chi connectivity index (χ2n) is 5.82. The van der Waals surface area contributed by atoms with Crippen molar-refractivity contribution < 1.29 is 9.50 Å². The van der Waals surface area contributed by atoms with Crippen molar-refractivity contribution in [2.45, 2.75) is 44.8 Å². The summed E-state index contributed by atoms with van der Waals surface area (Å²) in [7, 11) is 0. The molecule has 106 valence electrons. The zero-order chi connectivity index (χ0) is 14.0. The first-order chi connectivity index (χ1) is 8.91. The molecule has 1 N–H and O–H groups in total. The minimum absolute atomic E-state index is 0.239. The molecule has 1 atom stereocenters. The van der Waals surface area contributed by atoms with Gasteiger partial charge in [0, 0.05) is 12.0 Å². The summed E-state index contributed by atoms with van der Waals surface area (Å²) in [6.07, 6.45) is 2.50. The van der Waals surface area contributed by atoms with Gasteiger partial charge in [-0.1, -0.05) is 6.07 Å². The number of benzene rings is 1. The van der Waals surface area contributed by atoms with Gasteiger partial charge in [0.25, 0.3) is 0 Å². The van der Waals surface area contributed by atoms with E-state index >= 15 is 0 Å². The molecule has 1 aromatic carbocycles. The summed E-state index contributed by atoms with van der Waals surface area (Å²) in [6, 6.07) is 4.93. The van der Waals surface area contributed by atoms with Crippen LogP contribution in [0.4, 0.5) is 4.39 Å². The summed E-state index contributed by atoms with van der Waals surface area (Å²) in [5, 5.41) is 10.5. The van der Waals surface area contributed by atoms with Crippen LogP contribution >= 0.6 is 15.9 Å². The Labute approximate surface area is 122 Å². The molecular formula is C15H21BrFNO. The smallest absolute Gasteiger partial charge is 0.137 e. The summed E-state index contributed by atoms with van der Waals surface area (Å²) >= 11 is 3.19. The lowest BCUT2D eigenvalue weighted by Crippen LogP contribution is -2.51. The number of likely N-dealkylation sites (tertiary alicyclic amines) is 1. The van der Waals surface area contributed by atoms with Crippen molar-refractivity contribution in [1.29, 1.82) is 0 Å². The van der Waals surface area contributed by atoms with E-state index < -0.39 is 6.10 Å². The molecule has 2 nitrogen and oxygen atoms in total. The Morgan fingerprint density at radius 3 is 2.58 bits per heavy atom. The molecule has 0 amide bonds. The molecule has 0 spiro atoms. The minimum atomic E-state index is -0.456. The molecule has 0 radical (unpaired) electrons. The van der Waals surface area contributed by atoms with E-state index in [0.29, 0.717) is 10.9 Å². The van der Waals surface area contributed by atoms with Crippen molar-refractivity contribution in [2.75, 3.05) is 13.1 Å². The highest BCUT2D eigenvalue weighted by molar-refractivity contribution is 9.10. The van der Waals surface area contributed by atoms with Crippen LogP contribution in [0, 0.1) is 5.82 Å². The van der Waals surface area contributed by atoms with Crippen LogP contribution in [0.2, 0.25) is 0 Å². The van der Waals surface area contributed by atoms with Crippen molar-refractivity contribution >= 4 is 15.9 Å². The van der Waals surface area contributed by atoms with E-state index in [1.807, 2.05) is 0 Å². The molecule has 4 heteroatoms. The van der Waals surface area contributed by atoms with Gasteiger partial charge < -0.3 is 5.11 Å². The number of nitrogens with zero attached hydrogens (tertiary/aromatic N) is 1. The number of rotatable bonds is 4. The third-order valence-corrected chi connectivity index (χ3v) is 4.76. The Morgan fingerprint density at radius 2 is 2.00 bits per heavy atom. The molecule has 0 bridgehead atoms. The molecule has 0 aromatic heterocycles. The molecule has 0 aliphatic carbocycles. The molecule has 19 heavy (non-hydrogen) atoms. The van der Waals surface area contributed by atoms with Crippen LogP contribution in [0.5, 0.6) is 0 Å². The topological polar surface area (TPSA) is 23.5 Å². The van der Waals surface area contributed by atoms with E-state index in [1.54, 1.807) is 12.1 Å². The monoisotopic (exact) mass is 329 g/mol. The van der Waals surface area contributed by atoms with E-state index in [4.69, 9.17) is 0 Å². The molecular weight excluding hydrogens is 309 g/mol. The molecule has 1 unspecified atom stereocenters. The van der Waals surface area contributed by atoms with Gasteiger partial charge in [0.1, 0.15) is 5.82 Å². The van der Waals surface area contributed by atoms with Crippen LogP contribution in [0.25, 0.3) is 0 Å². The summed E-state index contributed by atoms with van der Waals surface area (Å²) in [5.74, 6) is -0.267. The van der Waals surface area contributed by atoms with Crippen molar-refractivity contribution in [3.05, 3.63) is 34.1 Å². The van der Waals surface area contributed by atoms with E-state index in [-0.39, 0.29) is 11.4 Å². The number of aliphatic hydroxyl groups is 1. The van der Waals surface area contributed by atoms with E-state index in [0.717, 1.165) is 18.7 Å². The lowest BCUT2D eigenvalue weighted by Gasteiger charge is -2.39. The van der Waals surface area contributed by atoms with Crippen LogP contribution in [-0.4, -0.2) is 34.7 Å².